The van der Waals surface area contributed by atoms with Gasteiger partial charge in [-0.1, -0.05) is 0 Å². The molecule has 5 nitrogen and oxygen atoms in total. The monoisotopic (exact) mass is 324 g/mol. The summed E-state index contributed by atoms with van der Waals surface area (Å²) in [5.41, 5.74) is 0.111. The van der Waals surface area contributed by atoms with Crippen LogP contribution < -0.4 is 10.5 Å². The van der Waals surface area contributed by atoms with Gasteiger partial charge in [-0.2, -0.15) is 0 Å². The summed E-state index contributed by atoms with van der Waals surface area (Å²) in [5.74, 6) is -1.48. The van der Waals surface area contributed by atoms with E-state index in [-0.39, 0.29) is 22.3 Å². The van der Waals surface area contributed by atoms with E-state index in [1.165, 1.54) is 12.1 Å². The summed E-state index contributed by atoms with van der Waals surface area (Å²) in [7, 11) is -3.61. The van der Waals surface area contributed by atoms with Gasteiger partial charge in [0.15, 0.2) is 0 Å². The Morgan fingerprint density at radius 1 is 1.47 bits per heavy atom. The Labute approximate surface area is 106 Å². The zero-order valence-corrected chi connectivity index (χ0v) is 11.0. The molecule has 0 heterocycles. The third-order valence-corrected chi connectivity index (χ3v) is 3.27. The molecule has 1 aromatic rings. The molecule has 3 N–H and O–H groups in total. The van der Waals surface area contributed by atoms with E-state index < -0.39 is 21.7 Å². The lowest BCUT2D eigenvalue weighted by atomic mass is 10.2. The van der Waals surface area contributed by atoms with E-state index in [0.29, 0.717) is 0 Å². The second-order valence-corrected chi connectivity index (χ2v) is 5.84. The van der Waals surface area contributed by atoms with Crippen molar-refractivity contribution in [2.24, 2.45) is 5.14 Å². The second-order valence-electron chi connectivity index (χ2n) is 3.25. The maximum Gasteiger partial charge on any atom is 0.251 e. The van der Waals surface area contributed by atoms with Gasteiger partial charge in [0, 0.05) is 12.1 Å². The van der Waals surface area contributed by atoms with Crippen LogP contribution in [0.3, 0.4) is 0 Å². The average molecular weight is 325 g/mol. The molecule has 1 rings (SSSR count). The number of nitrogens with two attached hydrogens (primary N) is 1. The Balaban J connectivity index is 2.61. The molecule has 0 saturated heterocycles. The average Bonchev–Trinajstić information content (AvgIpc) is 2.20. The van der Waals surface area contributed by atoms with Gasteiger partial charge in [-0.05, 0) is 34.1 Å². The highest BCUT2D eigenvalue weighted by Gasteiger charge is 2.09. The first-order chi connectivity index (χ1) is 7.79. The Morgan fingerprint density at radius 3 is 2.65 bits per heavy atom. The summed E-state index contributed by atoms with van der Waals surface area (Å²) >= 11 is 2.95. The van der Waals surface area contributed by atoms with E-state index in [9.17, 15) is 17.6 Å². The van der Waals surface area contributed by atoms with E-state index in [4.69, 9.17) is 5.14 Å². The van der Waals surface area contributed by atoms with E-state index in [1.807, 2.05) is 0 Å². The Morgan fingerprint density at radius 2 is 2.12 bits per heavy atom. The number of nitrogens with one attached hydrogen (secondary N) is 1. The van der Waals surface area contributed by atoms with E-state index in [1.54, 1.807) is 0 Å². The van der Waals surface area contributed by atoms with Crippen molar-refractivity contribution in [1.82, 2.24) is 5.32 Å². The van der Waals surface area contributed by atoms with Crippen molar-refractivity contribution in [1.29, 1.82) is 0 Å². The van der Waals surface area contributed by atoms with Crippen LogP contribution in [0.1, 0.15) is 10.4 Å². The number of hydrogen-bond donors (Lipinski definition) is 2. The molecule has 0 fully saturated rings. The molecular formula is C9H10BrFN2O3S. The fourth-order valence-electron chi connectivity index (χ4n) is 1.05. The third kappa shape index (κ3) is 4.80. The largest absolute Gasteiger partial charge is 0.351 e. The topological polar surface area (TPSA) is 89.3 Å². The molecule has 0 aliphatic rings. The molecule has 0 aromatic heterocycles. The first kappa shape index (κ1) is 14.1. The van der Waals surface area contributed by atoms with Gasteiger partial charge in [-0.3, -0.25) is 4.79 Å². The lowest BCUT2D eigenvalue weighted by molar-refractivity contribution is 0.0955. The van der Waals surface area contributed by atoms with Crippen molar-refractivity contribution in [2.75, 3.05) is 12.3 Å². The number of hydrogen-bond acceptors (Lipinski definition) is 3. The van der Waals surface area contributed by atoms with Crippen molar-refractivity contribution in [3.63, 3.8) is 0 Å². The number of amides is 1. The highest BCUT2D eigenvalue weighted by Crippen LogP contribution is 2.16. The minimum atomic E-state index is -3.61. The molecule has 0 bridgehead atoms. The van der Waals surface area contributed by atoms with Gasteiger partial charge in [0.05, 0.1) is 10.2 Å². The van der Waals surface area contributed by atoms with Crippen molar-refractivity contribution < 1.29 is 17.6 Å². The van der Waals surface area contributed by atoms with Crippen LogP contribution in [0.2, 0.25) is 0 Å². The lowest BCUT2D eigenvalue weighted by Gasteiger charge is -2.04. The summed E-state index contributed by atoms with van der Waals surface area (Å²) in [4.78, 5) is 11.5. The zero-order chi connectivity index (χ0) is 13.1. The maximum atomic E-state index is 13.1. The van der Waals surface area contributed by atoms with Crippen LogP contribution in [0, 0.1) is 5.82 Å². The van der Waals surface area contributed by atoms with Crippen LogP contribution in [0.5, 0.6) is 0 Å². The minimum absolute atomic E-state index is 0.111. The van der Waals surface area contributed by atoms with Gasteiger partial charge < -0.3 is 5.32 Å². The van der Waals surface area contributed by atoms with Gasteiger partial charge in [-0.25, -0.2) is 17.9 Å². The molecule has 8 heteroatoms. The number of carbonyl (C=O) groups excluding carboxylic acids is 1. The number of primary sulfonamides is 1. The number of sulfonamides is 1. The van der Waals surface area contributed by atoms with Gasteiger partial charge in [0.1, 0.15) is 5.82 Å². The predicted molar refractivity (Wildman–Crippen MR) is 64.4 cm³/mol. The highest BCUT2D eigenvalue weighted by atomic mass is 79.9. The van der Waals surface area contributed by atoms with Crippen LogP contribution in [0.4, 0.5) is 4.39 Å². The predicted octanol–water partition coefficient (Wildman–Crippen LogP) is 0.607. The molecule has 0 saturated carbocycles. The van der Waals surface area contributed by atoms with E-state index >= 15 is 0 Å². The molecular weight excluding hydrogens is 315 g/mol. The summed E-state index contributed by atoms with van der Waals surface area (Å²) in [5, 5.41) is 7.08. The van der Waals surface area contributed by atoms with E-state index in [2.05, 4.69) is 21.2 Å². The van der Waals surface area contributed by atoms with Crippen LogP contribution in [-0.4, -0.2) is 26.6 Å². The van der Waals surface area contributed by atoms with Crippen LogP contribution in [0.15, 0.2) is 22.7 Å². The Kier molecular flexibility index (Phi) is 4.61. The highest BCUT2D eigenvalue weighted by molar-refractivity contribution is 9.10. The Hall–Kier alpha value is -0.990. The molecule has 1 aromatic carbocycles. The Bertz CT molecular complexity index is 533. The molecule has 0 atom stereocenters. The van der Waals surface area contributed by atoms with Crippen LogP contribution >= 0.6 is 15.9 Å². The van der Waals surface area contributed by atoms with Crippen molar-refractivity contribution in [3.05, 3.63) is 34.1 Å². The molecule has 17 heavy (non-hydrogen) atoms. The molecule has 0 radical (unpaired) electrons. The summed E-state index contributed by atoms with van der Waals surface area (Å²) in [6, 6.07) is 3.86. The SMILES string of the molecule is NS(=O)(=O)CCNC(=O)c1ccc(Br)c(F)c1. The first-order valence-corrected chi connectivity index (χ1v) is 7.04. The first-order valence-electron chi connectivity index (χ1n) is 4.53. The number of halogens is 2. The standard InChI is InChI=1S/C9H10BrFN2O3S/c10-7-2-1-6(5-8(7)11)9(14)13-3-4-17(12,15)16/h1-2,5H,3-4H2,(H,13,14)(H2,12,15,16). The molecule has 1 amide bonds. The third-order valence-electron chi connectivity index (χ3n) is 1.85. The van der Waals surface area contributed by atoms with Crippen molar-refractivity contribution >= 4 is 31.9 Å². The molecule has 0 aliphatic carbocycles. The smallest absolute Gasteiger partial charge is 0.251 e. The fourth-order valence-corrected chi connectivity index (χ4v) is 1.68. The lowest BCUT2D eigenvalue weighted by Crippen LogP contribution is -2.31. The summed E-state index contributed by atoms with van der Waals surface area (Å²) in [6.45, 7) is -0.116. The number of benzene rings is 1. The molecule has 94 valence electrons. The van der Waals surface area contributed by atoms with Gasteiger partial charge in [-0.15, -0.1) is 0 Å². The van der Waals surface area contributed by atoms with Crippen LogP contribution in [0.25, 0.3) is 0 Å². The number of rotatable bonds is 4. The van der Waals surface area contributed by atoms with E-state index in [0.717, 1.165) is 6.07 Å². The van der Waals surface area contributed by atoms with Gasteiger partial charge in [0.2, 0.25) is 10.0 Å². The van der Waals surface area contributed by atoms with Crippen molar-refractivity contribution in [2.45, 2.75) is 0 Å². The summed E-state index contributed by atoms with van der Waals surface area (Å²) in [6.07, 6.45) is 0. The number of carbonyl (C=O) groups is 1. The normalized spacial score (nSPS) is 11.2. The molecule has 0 spiro atoms. The van der Waals surface area contributed by atoms with Gasteiger partial charge >= 0.3 is 0 Å². The van der Waals surface area contributed by atoms with Gasteiger partial charge in [0.25, 0.3) is 5.91 Å². The fraction of sp³-hybridized carbons (Fsp3) is 0.222. The molecule has 0 unspecified atom stereocenters. The zero-order valence-electron chi connectivity index (χ0n) is 8.61. The molecule has 0 aliphatic heterocycles. The maximum absolute atomic E-state index is 13.1. The summed E-state index contributed by atoms with van der Waals surface area (Å²) < 4.78 is 34.6. The second kappa shape index (κ2) is 5.56. The minimum Gasteiger partial charge on any atom is -0.351 e. The van der Waals surface area contributed by atoms with Crippen molar-refractivity contribution in [3.8, 4) is 0 Å². The quantitative estimate of drug-likeness (QED) is 0.850. The van der Waals surface area contributed by atoms with Crippen LogP contribution in [-0.2, 0) is 10.0 Å².